The topological polar surface area (TPSA) is 88.8 Å². The van der Waals surface area contributed by atoms with Crippen molar-refractivity contribution in [2.45, 2.75) is 0 Å². The van der Waals surface area contributed by atoms with Gasteiger partial charge in [0.25, 0.3) is 0 Å². The van der Waals surface area contributed by atoms with Gasteiger partial charge in [-0.1, -0.05) is 12.1 Å². The zero-order chi connectivity index (χ0) is 18.1. The third kappa shape index (κ3) is 3.35. The van der Waals surface area contributed by atoms with Gasteiger partial charge >= 0.3 is 0 Å². The fourth-order valence-corrected chi connectivity index (χ4v) is 3.63. The van der Waals surface area contributed by atoms with Gasteiger partial charge in [0, 0.05) is 36.7 Å². The Morgan fingerprint density at radius 3 is 2.77 bits per heavy atom. The molecule has 1 fully saturated rings. The van der Waals surface area contributed by atoms with E-state index in [-0.39, 0.29) is 0 Å². The highest BCUT2D eigenvalue weighted by atomic mass is 32.2. The molecule has 9 heteroatoms. The van der Waals surface area contributed by atoms with E-state index in [0.29, 0.717) is 18.9 Å². The number of hydrogen-bond donors (Lipinski definition) is 1. The van der Waals surface area contributed by atoms with Crippen molar-refractivity contribution in [1.29, 1.82) is 0 Å². The highest BCUT2D eigenvalue weighted by Crippen LogP contribution is 2.27. The molecule has 8 nitrogen and oxygen atoms in total. The highest BCUT2D eigenvalue weighted by molar-refractivity contribution is 7.92. The number of hydrogen-bond acceptors (Lipinski definition) is 6. The van der Waals surface area contributed by atoms with Gasteiger partial charge in [-0.05, 0) is 12.1 Å². The van der Waals surface area contributed by atoms with Gasteiger partial charge in [-0.25, -0.2) is 18.4 Å². The maximum atomic E-state index is 11.5. The van der Waals surface area contributed by atoms with E-state index in [1.54, 1.807) is 24.5 Å². The van der Waals surface area contributed by atoms with Crippen LogP contribution in [-0.4, -0.2) is 55.3 Å². The Balaban J connectivity index is 1.76. The summed E-state index contributed by atoms with van der Waals surface area (Å²) in [4.78, 5) is 11.3. The second-order valence-electron chi connectivity index (χ2n) is 6.14. The maximum absolute atomic E-state index is 11.5. The number of morpholine rings is 1. The van der Waals surface area contributed by atoms with E-state index in [4.69, 9.17) is 4.74 Å². The molecule has 2 aromatic heterocycles. The zero-order valence-electron chi connectivity index (χ0n) is 14.3. The Hall–Kier alpha value is -2.65. The normalized spacial score (nSPS) is 15.3. The molecule has 4 rings (SSSR count). The molecule has 0 unspecified atom stereocenters. The van der Waals surface area contributed by atoms with Crippen molar-refractivity contribution in [2.75, 3.05) is 42.2 Å². The summed E-state index contributed by atoms with van der Waals surface area (Å²) in [5.41, 5.74) is 2.97. The van der Waals surface area contributed by atoms with E-state index in [0.717, 1.165) is 42.1 Å². The molecule has 3 heterocycles. The lowest BCUT2D eigenvalue weighted by Crippen LogP contribution is -2.37. The minimum absolute atomic E-state index is 0.510. The Morgan fingerprint density at radius 1 is 1.19 bits per heavy atom. The Kier molecular flexibility index (Phi) is 4.25. The number of sulfonamides is 1. The summed E-state index contributed by atoms with van der Waals surface area (Å²) < 4.78 is 32.8. The van der Waals surface area contributed by atoms with Crippen LogP contribution in [0.5, 0.6) is 0 Å². The molecule has 136 valence electrons. The summed E-state index contributed by atoms with van der Waals surface area (Å²) in [6.45, 7) is 2.91. The zero-order valence-corrected chi connectivity index (χ0v) is 15.1. The number of ether oxygens (including phenoxy) is 1. The lowest BCUT2D eigenvalue weighted by molar-refractivity contribution is 0.122. The van der Waals surface area contributed by atoms with Crippen LogP contribution in [0.3, 0.4) is 0 Å². The van der Waals surface area contributed by atoms with Crippen molar-refractivity contribution < 1.29 is 13.2 Å². The first kappa shape index (κ1) is 16.8. The average molecular weight is 373 g/mol. The molecule has 0 atom stereocenters. The first-order valence-electron chi connectivity index (χ1n) is 8.24. The largest absolute Gasteiger partial charge is 0.378 e. The molecule has 1 aromatic carbocycles. The minimum Gasteiger partial charge on any atom is -0.378 e. The molecule has 0 aliphatic carbocycles. The number of imidazole rings is 1. The van der Waals surface area contributed by atoms with E-state index < -0.39 is 10.0 Å². The first-order valence-corrected chi connectivity index (χ1v) is 10.1. The Labute approximate surface area is 151 Å². The van der Waals surface area contributed by atoms with Crippen LogP contribution in [-0.2, 0) is 14.8 Å². The predicted octanol–water partition coefficient (Wildman–Crippen LogP) is 1.60. The maximum Gasteiger partial charge on any atom is 0.229 e. The molecule has 0 saturated carbocycles. The van der Waals surface area contributed by atoms with Crippen LogP contribution in [0.1, 0.15) is 0 Å². The van der Waals surface area contributed by atoms with Gasteiger partial charge in [0.05, 0.1) is 31.4 Å². The van der Waals surface area contributed by atoms with Gasteiger partial charge in [0.1, 0.15) is 0 Å². The first-order chi connectivity index (χ1) is 12.5. The van der Waals surface area contributed by atoms with E-state index in [2.05, 4.69) is 19.6 Å². The third-order valence-electron chi connectivity index (χ3n) is 4.18. The van der Waals surface area contributed by atoms with Crippen LogP contribution in [0, 0.1) is 0 Å². The summed E-state index contributed by atoms with van der Waals surface area (Å²) in [6, 6.07) is 7.22. The van der Waals surface area contributed by atoms with Crippen molar-refractivity contribution in [3.05, 3.63) is 42.9 Å². The number of rotatable bonds is 4. The summed E-state index contributed by atoms with van der Waals surface area (Å²) >= 11 is 0. The molecule has 0 amide bonds. The summed E-state index contributed by atoms with van der Waals surface area (Å²) in [6.07, 6.45) is 6.54. The molecule has 3 aromatic rings. The second kappa shape index (κ2) is 6.58. The van der Waals surface area contributed by atoms with E-state index in [1.165, 1.54) is 0 Å². The molecule has 1 saturated heterocycles. The molecule has 0 spiro atoms. The second-order valence-corrected chi connectivity index (χ2v) is 7.89. The van der Waals surface area contributed by atoms with Gasteiger partial charge in [-0.15, -0.1) is 0 Å². The van der Waals surface area contributed by atoms with Crippen molar-refractivity contribution in [3.8, 4) is 11.3 Å². The summed E-state index contributed by atoms with van der Waals surface area (Å²) in [5.74, 6) is 0.826. The summed E-state index contributed by atoms with van der Waals surface area (Å²) in [5, 5.41) is 0. The van der Waals surface area contributed by atoms with Crippen molar-refractivity contribution in [3.63, 3.8) is 0 Å². The fourth-order valence-electron chi connectivity index (χ4n) is 3.07. The third-order valence-corrected chi connectivity index (χ3v) is 4.79. The molecule has 0 bridgehead atoms. The number of nitrogens with one attached hydrogen (secondary N) is 1. The average Bonchev–Trinajstić information content (AvgIpc) is 3.10. The van der Waals surface area contributed by atoms with E-state index >= 15 is 0 Å². The molecule has 26 heavy (non-hydrogen) atoms. The molecular weight excluding hydrogens is 354 g/mol. The lowest BCUT2D eigenvalue weighted by atomic mass is 10.1. The Morgan fingerprint density at radius 2 is 2.00 bits per heavy atom. The van der Waals surface area contributed by atoms with Crippen molar-refractivity contribution in [1.82, 2.24) is 14.4 Å². The van der Waals surface area contributed by atoms with Gasteiger partial charge in [0.15, 0.2) is 11.5 Å². The number of fused-ring (bicyclic) bond motifs is 1. The molecular formula is C17H19N5O3S. The predicted molar refractivity (Wildman–Crippen MR) is 99.9 cm³/mol. The molecule has 0 radical (unpaired) electrons. The van der Waals surface area contributed by atoms with Gasteiger partial charge in [-0.2, -0.15) is 0 Å². The Bertz CT molecular complexity index is 1040. The van der Waals surface area contributed by atoms with Gasteiger partial charge in [-0.3, -0.25) is 9.12 Å². The van der Waals surface area contributed by atoms with Crippen LogP contribution in [0.2, 0.25) is 0 Å². The minimum atomic E-state index is -3.33. The number of nitrogens with zero attached hydrogens (tertiary/aromatic N) is 4. The van der Waals surface area contributed by atoms with Crippen LogP contribution in [0.25, 0.3) is 16.9 Å². The van der Waals surface area contributed by atoms with Crippen LogP contribution < -0.4 is 9.62 Å². The van der Waals surface area contributed by atoms with Crippen LogP contribution in [0.4, 0.5) is 11.5 Å². The van der Waals surface area contributed by atoms with Crippen molar-refractivity contribution >= 4 is 27.2 Å². The lowest BCUT2D eigenvalue weighted by Gasteiger charge is -2.28. The molecule has 1 aliphatic heterocycles. The smallest absolute Gasteiger partial charge is 0.229 e. The standard InChI is InChI=1S/C17H19N5O3S/c1-26(23,24)20-14-4-2-3-13(11-14)15-12-19-16(17-18-5-6-22(15)17)21-7-9-25-10-8-21/h2-6,11-12,20H,7-10H2,1H3. The van der Waals surface area contributed by atoms with Gasteiger partial charge < -0.3 is 9.64 Å². The SMILES string of the molecule is CS(=O)(=O)Nc1cccc(-c2cnc(N3CCOCC3)c3nccn23)c1. The fraction of sp³-hybridized carbons (Fsp3) is 0.294. The highest BCUT2D eigenvalue weighted by Gasteiger charge is 2.18. The number of aromatic nitrogens is 3. The quantitative estimate of drug-likeness (QED) is 0.747. The molecule has 1 N–H and O–H groups in total. The molecule has 1 aliphatic rings. The van der Waals surface area contributed by atoms with Crippen molar-refractivity contribution in [2.24, 2.45) is 0 Å². The van der Waals surface area contributed by atoms with Gasteiger partial charge in [0.2, 0.25) is 10.0 Å². The number of benzene rings is 1. The van der Waals surface area contributed by atoms with E-state index in [1.807, 2.05) is 22.7 Å². The van der Waals surface area contributed by atoms with Crippen LogP contribution in [0.15, 0.2) is 42.9 Å². The summed E-state index contributed by atoms with van der Waals surface area (Å²) in [7, 11) is -3.33. The van der Waals surface area contributed by atoms with E-state index in [9.17, 15) is 8.42 Å². The van der Waals surface area contributed by atoms with Crippen LogP contribution >= 0.6 is 0 Å². The number of anilines is 2. The monoisotopic (exact) mass is 373 g/mol.